The molecule has 0 aromatic rings. The van der Waals surface area contributed by atoms with Crippen LogP contribution in [-0.2, 0) is 0 Å². The van der Waals surface area contributed by atoms with Gasteiger partial charge in [-0.25, -0.2) is 0 Å². The minimum Gasteiger partial charge on any atom is -0.391 e. The normalized spacial score (nSPS) is 22.2. The first kappa shape index (κ1) is 9.08. The maximum absolute atomic E-state index is 8.67. The quantitative estimate of drug-likeness (QED) is 0.683. The van der Waals surface area contributed by atoms with E-state index >= 15 is 0 Å². The molecular formula is C9H15ClO. The van der Waals surface area contributed by atoms with Gasteiger partial charge >= 0.3 is 0 Å². The number of halogens is 1. The monoisotopic (exact) mass is 174 g/mol. The van der Waals surface area contributed by atoms with Crippen molar-refractivity contribution in [3.63, 3.8) is 0 Å². The summed E-state index contributed by atoms with van der Waals surface area (Å²) in [6.07, 6.45) is 8.50. The molecule has 1 rings (SSSR count). The van der Waals surface area contributed by atoms with Crippen molar-refractivity contribution in [2.24, 2.45) is 5.92 Å². The van der Waals surface area contributed by atoms with Crippen molar-refractivity contribution in [2.45, 2.75) is 32.1 Å². The lowest BCUT2D eigenvalue weighted by molar-refractivity contribution is 0.335. The fourth-order valence-corrected chi connectivity index (χ4v) is 1.79. The molecule has 0 spiro atoms. The molecule has 0 aromatic carbocycles. The first-order valence-electron chi connectivity index (χ1n) is 4.30. The van der Waals surface area contributed by atoms with Gasteiger partial charge in [0.15, 0.2) is 0 Å². The van der Waals surface area contributed by atoms with Crippen LogP contribution in [0.5, 0.6) is 0 Å². The second-order valence-electron chi connectivity index (χ2n) is 3.17. The molecule has 0 aliphatic heterocycles. The highest BCUT2D eigenvalue weighted by Crippen LogP contribution is 2.25. The Morgan fingerprint density at radius 1 is 1.36 bits per heavy atom. The van der Waals surface area contributed by atoms with E-state index in [9.17, 15) is 0 Å². The molecule has 0 aromatic heterocycles. The second-order valence-corrected chi connectivity index (χ2v) is 3.66. The average molecular weight is 175 g/mol. The van der Waals surface area contributed by atoms with Crippen LogP contribution in [0.3, 0.4) is 0 Å². The highest BCUT2D eigenvalue weighted by molar-refractivity contribution is 6.29. The fraction of sp³-hybridized carbons (Fsp3) is 0.778. The second kappa shape index (κ2) is 4.78. The minimum atomic E-state index is -0.00193. The highest BCUT2D eigenvalue weighted by atomic mass is 35.5. The molecule has 1 nitrogen and oxygen atoms in total. The number of allylic oxidation sites excluding steroid dienone is 1. The summed E-state index contributed by atoms with van der Waals surface area (Å²) in [7, 11) is 0. The third kappa shape index (κ3) is 3.26. The van der Waals surface area contributed by atoms with Gasteiger partial charge in [-0.2, -0.15) is 0 Å². The summed E-state index contributed by atoms with van der Waals surface area (Å²) in [5.74, 6) is 0.628. The van der Waals surface area contributed by atoms with Crippen LogP contribution in [0.1, 0.15) is 32.1 Å². The molecule has 0 radical (unpaired) electrons. The van der Waals surface area contributed by atoms with Gasteiger partial charge in [0, 0.05) is 5.03 Å². The zero-order chi connectivity index (χ0) is 8.10. The Balaban J connectivity index is 2.34. The summed E-state index contributed by atoms with van der Waals surface area (Å²) in [5.41, 5.74) is 0. The van der Waals surface area contributed by atoms with E-state index in [2.05, 4.69) is 0 Å². The lowest BCUT2D eigenvalue weighted by atomic mass is 9.89. The van der Waals surface area contributed by atoms with Crippen molar-refractivity contribution in [3.8, 4) is 0 Å². The molecule has 1 saturated carbocycles. The topological polar surface area (TPSA) is 20.2 Å². The first-order chi connectivity index (χ1) is 5.33. The fourth-order valence-electron chi connectivity index (χ4n) is 1.61. The molecule has 1 fully saturated rings. The Bertz CT molecular complexity index is 136. The van der Waals surface area contributed by atoms with Gasteiger partial charge in [0.05, 0.1) is 6.61 Å². The molecule has 11 heavy (non-hydrogen) atoms. The molecule has 0 atom stereocenters. The third-order valence-electron chi connectivity index (χ3n) is 2.22. The Morgan fingerprint density at radius 2 is 2.00 bits per heavy atom. The Labute approximate surface area is 73.1 Å². The lowest BCUT2D eigenvalue weighted by Crippen LogP contribution is -2.03. The van der Waals surface area contributed by atoms with Crippen molar-refractivity contribution in [1.29, 1.82) is 0 Å². The molecule has 1 N–H and O–H groups in total. The van der Waals surface area contributed by atoms with E-state index < -0.39 is 0 Å². The lowest BCUT2D eigenvalue weighted by Gasteiger charge is -2.18. The molecule has 0 amide bonds. The molecule has 0 heterocycles. The first-order valence-corrected chi connectivity index (χ1v) is 4.68. The molecule has 1 aliphatic carbocycles. The zero-order valence-electron chi connectivity index (χ0n) is 6.72. The summed E-state index contributed by atoms with van der Waals surface area (Å²) in [6, 6.07) is 0. The minimum absolute atomic E-state index is 0.00193. The van der Waals surface area contributed by atoms with Crippen LogP contribution in [0, 0.1) is 5.92 Å². The van der Waals surface area contributed by atoms with Gasteiger partial charge in [0.1, 0.15) is 0 Å². The van der Waals surface area contributed by atoms with Crippen LogP contribution in [0.2, 0.25) is 0 Å². The number of hydrogen-bond acceptors (Lipinski definition) is 1. The zero-order valence-corrected chi connectivity index (χ0v) is 7.48. The highest BCUT2D eigenvalue weighted by Gasteiger charge is 2.10. The Kier molecular flexibility index (Phi) is 3.95. The molecule has 0 bridgehead atoms. The predicted octanol–water partition coefficient (Wildman–Crippen LogP) is 2.68. The third-order valence-corrected chi connectivity index (χ3v) is 2.46. The average Bonchev–Trinajstić information content (AvgIpc) is 2.06. The van der Waals surface area contributed by atoms with Crippen LogP contribution in [0.25, 0.3) is 0 Å². The number of aliphatic hydroxyl groups excluding tert-OH is 1. The van der Waals surface area contributed by atoms with Crippen LogP contribution >= 0.6 is 11.6 Å². The van der Waals surface area contributed by atoms with E-state index in [0.717, 1.165) is 0 Å². The molecule has 0 saturated heterocycles. The van der Waals surface area contributed by atoms with Crippen molar-refractivity contribution < 1.29 is 5.11 Å². The molecule has 0 unspecified atom stereocenters. The van der Waals surface area contributed by atoms with Crippen molar-refractivity contribution in [3.05, 3.63) is 11.1 Å². The van der Waals surface area contributed by atoms with Gasteiger partial charge in [0.2, 0.25) is 0 Å². The van der Waals surface area contributed by atoms with Gasteiger partial charge in [-0.3, -0.25) is 0 Å². The molecule has 1 aliphatic rings. The summed E-state index contributed by atoms with van der Waals surface area (Å²) in [6.45, 7) is -0.00193. The summed E-state index contributed by atoms with van der Waals surface area (Å²) in [4.78, 5) is 0. The molecule has 64 valence electrons. The van der Waals surface area contributed by atoms with E-state index in [0.29, 0.717) is 11.0 Å². The van der Waals surface area contributed by atoms with Crippen LogP contribution in [0.4, 0.5) is 0 Å². The number of hydrogen-bond donors (Lipinski definition) is 1. The maximum atomic E-state index is 8.67. The van der Waals surface area contributed by atoms with E-state index in [1.807, 2.05) is 6.08 Å². The SMILES string of the molecule is OC/C(Cl)=C/C1CCCCC1. The summed E-state index contributed by atoms with van der Waals surface area (Å²) in [5, 5.41) is 9.27. The van der Waals surface area contributed by atoms with Gasteiger partial charge in [0.25, 0.3) is 0 Å². The summed E-state index contributed by atoms with van der Waals surface area (Å²) >= 11 is 5.71. The van der Waals surface area contributed by atoms with Gasteiger partial charge in [-0.05, 0) is 18.8 Å². The van der Waals surface area contributed by atoms with Gasteiger partial charge in [-0.15, -0.1) is 0 Å². The predicted molar refractivity (Wildman–Crippen MR) is 47.6 cm³/mol. The Morgan fingerprint density at radius 3 is 2.55 bits per heavy atom. The molecular weight excluding hydrogens is 160 g/mol. The number of rotatable bonds is 2. The van der Waals surface area contributed by atoms with Crippen molar-refractivity contribution >= 4 is 11.6 Å². The van der Waals surface area contributed by atoms with E-state index in [4.69, 9.17) is 16.7 Å². The van der Waals surface area contributed by atoms with Crippen LogP contribution < -0.4 is 0 Å². The van der Waals surface area contributed by atoms with Crippen molar-refractivity contribution in [2.75, 3.05) is 6.61 Å². The smallest absolute Gasteiger partial charge is 0.0784 e. The van der Waals surface area contributed by atoms with E-state index in [1.165, 1.54) is 32.1 Å². The van der Waals surface area contributed by atoms with E-state index in [-0.39, 0.29) is 6.61 Å². The number of aliphatic hydroxyl groups is 1. The van der Waals surface area contributed by atoms with E-state index in [1.54, 1.807) is 0 Å². The summed E-state index contributed by atoms with van der Waals surface area (Å²) < 4.78 is 0. The van der Waals surface area contributed by atoms with Crippen molar-refractivity contribution in [1.82, 2.24) is 0 Å². The van der Waals surface area contributed by atoms with Crippen LogP contribution in [-0.4, -0.2) is 11.7 Å². The maximum Gasteiger partial charge on any atom is 0.0784 e. The largest absolute Gasteiger partial charge is 0.391 e. The van der Waals surface area contributed by atoms with Gasteiger partial charge in [-0.1, -0.05) is 36.9 Å². The Hall–Kier alpha value is -0.0100. The molecule has 2 heteroatoms. The van der Waals surface area contributed by atoms with Crippen LogP contribution in [0.15, 0.2) is 11.1 Å². The van der Waals surface area contributed by atoms with Gasteiger partial charge < -0.3 is 5.11 Å². The standard InChI is InChI=1S/C9H15ClO/c10-9(7-11)6-8-4-2-1-3-5-8/h6,8,11H,1-5,7H2/b9-6-.